The van der Waals surface area contributed by atoms with Gasteiger partial charge in [-0.1, -0.05) is 6.07 Å². The van der Waals surface area contributed by atoms with Gasteiger partial charge < -0.3 is 5.32 Å². The summed E-state index contributed by atoms with van der Waals surface area (Å²) in [5.74, 6) is 0.583. The summed E-state index contributed by atoms with van der Waals surface area (Å²) in [6.45, 7) is 4.35. The van der Waals surface area contributed by atoms with E-state index < -0.39 is 0 Å². The molecule has 0 radical (unpaired) electrons. The Labute approximate surface area is 111 Å². The summed E-state index contributed by atoms with van der Waals surface area (Å²) < 4.78 is 0. The van der Waals surface area contributed by atoms with Crippen molar-refractivity contribution in [1.29, 1.82) is 0 Å². The summed E-state index contributed by atoms with van der Waals surface area (Å²) in [5, 5.41) is 4.72. The van der Waals surface area contributed by atoms with Gasteiger partial charge in [0.2, 0.25) is 0 Å². The first-order chi connectivity index (χ1) is 8.84. The van der Waals surface area contributed by atoms with Crippen molar-refractivity contribution in [1.82, 2.24) is 15.3 Å². The highest BCUT2D eigenvalue weighted by Gasteiger charge is 2.20. The molecule has 94 valence electrons. The minimum absolute atomic E-state index is 0.583. The van der Waals surface area contributed by atoms with Gasteiger partial charge in [-0.3, -0.25) is 4.98 Å². The van der Waals surface area contributed by atoms with E-state index in [1.807, 2.05) is 35.7 Å². The van der Waals surface area contributed by atoms with Crippen LogP contribution >= 0.6 is 11.3 Å². The van der Waals surface area contributed by atoms with Crippen LogP contribution in [0.5, 0.6) is 0 Å². The van der Waals surface area contributed by atoms with E-state index in [4.69, 9.17) is 4.98 Å². The summed E-state index contributed by atoms with van der Waals surface area (Å²) in [4.78, 5) is 10.5. The Morgan fingerprint density at radius 3 is 3.06 bits per heavy atom. The molecule has 3 heterocycles. The third-order valence-corrected chi connectivity index (χ3v) is 4.50. The first-order valence-corrected chi connectivity index (χ1v) is 7.25. The number of rotatable bonds is 2. The van der Waals surface area contributed by atoms with Gasteiger partial charge in [-0.05, 0) is 38.4 Å². The van der Waals surface area contributed by atoms with Crippen LogP contribution in [-0.2, 0) is 0 Å². The lowest BCUT2D eigenvalue weighted by Gasteiger charge is -2.20. The molecule has 0 spiro atoms. The van der Waals surface area contributed by atoms with Crippen molar-refractivity contribution in [3.63, 3.8) is 0 Å². The smallest absolute Gasteiger partial charge is 0.103 e. The minimum atomic E-state index is 0.583. The van der Waals surface area contributed by atoms with Crippen molar-refractivity contribution in [3.8, 4) is 11.4 Å². The van der Waals surface area contributed by atoms with Crippen molar-refractivity contribution in [3.05, 3.63) is 34.3 Å². The normalized spacial score (nSPS) is 19.9. The van der Waals surface area contributed by atoms with Gasteiger partial charge in [0.25, 0.3) is 0 Å². The molecule has 1 atom stereocenters. The van der Waals surface area contributed by atoms with Gasteiger partial charge in [0, 0.05) is 23.5 Å². The lowest BCUT2D eigenvalue weighted by Crippen LogP contribution is -2.28. The molecule has 0 aliphatic carbocycles. The molecular formula is C14H17N3S. The van der Waals surface area contributed by atoms with Crippen LogP contribution in [0.2, 0.25) is 0 Å². The van der Waals surface area contributed by atoms with Gasteiger partial charge in [0.1, 0.15) is 5.69 Å². The second-order valence-electron chi connectivity index (χ2n) is 4.72. The molecule has 1 aliphatic rings. The summed E-state index contributed by atoms with van der Waals surface area (Å²) in [7, 11) is 0. The largest absolute Gasteiger partial charge is 0.316 e. The molecule has 2 aromatic rings. The fourth-order valence-corrected chi connectivity index (χ4v) is 3.46. The summed E-state index contributed by atoms with van der Waals surface area (Å²) in [6.07, 6.45) is 4.33. The Balaban J connectivity index is 1.91. The number of aryl methyl sites for hydroxylation is 1. The topological polar surface area (TPSA) is 37.8 Å². The number of nitrogens with zero attached hydrogens (tertiary/aromatic N) is 2. The van der Waals surface area contributed by atoms with E-state index in [-0.39, 0.29) is 0 Å². The maximum absolute atomic E-state index is 4.82. The molecule has 2 aromatic heterocycles. The minimum Gasteiger partial charge on any atom is -0.316 e. The summed E-state index contributed by atoms with van der Waals surface area (Å²) in [6, 6.07) is 5.99. The Bertz CT molecular complexity index is 515. The highest BCUT2D eigenvalue weighted by Crippen LogP contribution is 2.32. The molecule has 0 bridgehead atoms. The number of nitrogens with one attached hydrogen (secondary N) is 1. The maximum Gasteiger partial charge on any atom is 0.103 e. The van der Waals surface area contributed by atoms with Gasteiger partial charge in [0.15, 0.2) is 0 Å². The van der Waals surface area contributed by atoms with Crippen molar-refractivity contribution >= 4 is 11.3 Å². The zero-order chi connectivity index (χ0) is 12.4. The Kier molecular flexibility index (Phi) is 3.39. The molecular weight excluding hydrogens is 242 g/mol. The van der Waals surface area contributed by atoms with E-state index in [0.29, 0.717) is 5.92 Å². The molecule has 1 fully saturated rings. The second-order valence-corrected chi connectivity index (χ2v) is 5.95. The molecule has 0 aromatic carbocycles. The maximum atomic E-state index is 4.82. The zero-order valence-corrected chi connectivity index (χ0v) is 11.3. The average molecular weight is 259 g/mol. The highest BCUT2D eigenvalue weighted by atomic mass is 32.1. The number of aromatic nitrogens is 2. The van der Waals surface area contributed by atoms with E-state index in [0.717, 1.165) is 24.5 Å². The third-order valence-electron chi connectivity index (χ3n) is 3.37. The monoisotopic (exact) mass is 259 g/mol. The van der Waals surface area contributed by atoms with Gasteiger partial charge in [-0.2, -0.15) is 0 Å². The van der Waals surface area contributed by atoms with E-state index in [1.54, 1.807) is 0 Å². The molecule has 4 heteroatoms. The molecule has 18 heavy (non-hydrogen) atoms. The van der Waals surface area contributed by atoms with Crippen LogP contribution in [0.1, 0.15) is 28.6 Å². The molecule has 3 rings (SSSR count). The number of piperidine rings is 1. The van der Waals surface area contributed by atoms with Gasteiger partial charge >= 0.3 is 0 Å². The van der Waals surface area contributed by atoms with Crippen LogP contribution in [0.25, 0.3) is 11.4 Å². The van der Waals surface area contributed by atoms with Crippen LogP contribution < -0.4 is 5.32 Å². The van der Waals surface area contributed by atoms with E-state index >= 15 is 0 Å². The molecule has 1 saturated heterocycles. The van der Waals surface area contributed by atoms with Crippen molar-refractivity contribution in [2.24, 2.45) is 0 Å². The van der Waals surface area contributed by atoms with E-state index in [1.165, 1.54) is 22.7 Å². The van der Waals surface area contributed by atoms with Crippen molar-refractivity contribution < 1.29 is 0 Å². The van der Waals surface area contributed by atoms with Crippen molar-refractivity contribution in [2.45, 2.75) is 25.7 Å². The van der Waals surface area contributed by atoms with E-state index in [2.05, 4.69) is 17.2 Å². The zero-order valence-electron chi connectivity index (χ0n) is 10.5. The Morgan fingerprint density at radius 1 is 1.39 bits per heavy atom. The van der Waals surface area contributed by atoms with Crippen molar-refractivity contribution in [2.75, 3.05) is 13.1 Å². The van der Waals surface area contributed by atoms with Crippen LogP contribution in [0.4, 0.5) is 0 Å². The number of pyridine rings is 1. The van der Waals surface area contributed by atoms with Crippen LogP contribution in [0, 0.1) is 6.92 Å². The highest BCUT2D eigenvalue weighted by molar-refractivity contribution is 7.12. The summed E-state index contributed by atoms with van der Waals surface area (Å²) in [5.41, 5.74) is 2.04. The molecule has 3 nitrogen and oxygen atoms in total. The predicted molar refractivity (Wildman–Crippen MR) is 74.9 cm³/mol. The summed E-state index contributed by atoms with van der Waals surface area (Å²) >= 11 is 1.82. The molecule has 0 amide bonds. The second kappa shape index (κ2) is 5.16. The number of hydrogen-bond donors (Lipinski definition) is 1. The van der Waals surface area contributed by atoms with E-state index in [9.17, 15) is 0 Å². The van der Waals surface area contributed by atoms with Crippen LogP contribution in [0.3, 0.4) is 0 Å². The Morgan fingerprint density at radius 2 is 2.33 bits per heavy atom. The predicted octanol–water partition coefficient (Wildman–Crippen LogP) is 2.98. The first-order valence-electron chi connectivity index (χ1n) is 6.44. The molecule has 1 N–H and O–H groups in total. The Hall–Kier alpha value is -1.26. The number of thiazole rings is 1. The van der Waals surface area contributed by atoms with Gasteiger partial charge in [0.05, 0.1) is 10.7 Å². The molecule has 1 aliphatic heterocycles. The average Bonchev–Trinajstić information content (AvgIpc) is 2.83. The third kappa shape index (κ3) is 2.31. The van der Waals surface area contributed by atoms with Crippen LogP contribution in [-0.4, -0.2) is 23.1 Å². The van der Waals surface area contributed by atoms with Crippen LogP contribution in [0.15, 0.2) is 24.4 Å². The lowest BCUT2D eigenvalue weighted by molar-refractivity contribution is 0.460. The SMILES string of the molecule is Cc1sc(C2CCCNC2)nc1-c1ccccn1. The standard InChI is InChI=1S/C14H17N3S/c1-10-13(12-6-2-3-8-16-12)17-14(18-10)11-5-4-7-15-9-11/h2-3,6,8,11,15H,4-5,7,9H2,1H3. The molecule has 0 saturated carbocycles. The van der Waals surface area contributed by atoms with Gasteiger partial charge in [-0.15, -0.1) is 11.3 Å². The quantitative estimate of drug-likeness (QED) is 0.901. The molecule has 1 unspecified atom stereocenters. The lowest BCUT2D eigenvalue weighted by atomic mass is 10.0. The fourth-order valence-electron chi connectivity index (χ4n) is 2.39. The van der Waals surface area contributed by atoms with Gasteiger partial charge in [-0.25, -0.2) is 4.98 Å². The number of hydrogen-bond acceptors (Lipinski definition) is 4. The first kappa shape index (κ1) is 11.8. The fraction of sp³-hybridized carbons (Fsp3) is 0.429.